The van der Waals surface area contributed by atoms with Crippen LogP contribution in [0.1, 0.15) is 21.7 Å². The number of carbonyl (C=O) groups excluding carboxylic acids is 1. The fourth-order valence-corrected chi connectivity index (χ4v) is 2.58. The molecule has 2 aromatic heterocycles. The fourth-order valence-electron chi connectivity index (χ4n) is 2.58. The van der Waals surface area contributed by atoms with E-state index in [4.69, 9.17) is 4.74 Å². The van der Waals surface area contributed by atoms with Crippen molar-refractivity contribution < 1.29 is 32.0 Å². The minimum atomic E-state index is -4.76. The topological polar surface area (TPSA) is 52.3 Å². The van der Waals surface area contributed by atoms with Crippen molar-refractivity contribution in [3.05, 3.63) is 83.9 Å². The van der Waals surface area contributed by atoms with Crippen molar-refractivity contribution in [1.29, 1.82) is 0 Å². The van der Waals surface area contributed by atoms with Crippen LogP contribution in [-0.2, 0) is 13.2 Å². The van der Waals surface area contributed by atoms with E-state index in [1.807, 2.05) is 25.1 Å². The number of pyridine rings is 2. The van der Waals surface area contributed by atoms with Crippen LogP contribution in [0.2, 0.25) is 0 Å². The Balaban J connectivity index is 1.55. The standard InChI is InChI=1S/C21H18F3N2O3/c1-15-3-2-4-17(25-15)14-28-18-9-11-26(12-10-18)13-20(27)16-5-7-19(8-6-16)29-21(22,23)24/h2-12H,13-14H2,1H3/q+1. The van der Waals surface area contributed by atoms with Crippen LogP contribution in [0.25, 0.3) is 0 Å². The average Bonchev–Trinajstić information content (AvgIpc) is 2.67. The van der Waals surface area contributed by atoms with Gasteiger partial charge in [0.15, 0.2) is 12.4 Å². The van der Waals surface area contributed by atoms with E-state index >= 15 is 0 Å². The molecule has 0 aliphatic heterocycles. The van der Waals surface area contributed by atoms with Gasteiger partial charge in [-0.3, -0.25) is 9.78 Å². The number of aromatic nitrogens is 2. The molecule has 3 aromatic rings. The Bertz CT molecular complexity index is 972. The van der Waals surface area contributed by atoms with Crippen LogP contribution < -0.4 is 14.0 Å². The highest BCUT2D eigenvalue weighted by atomic mass is 19.4. The molecular formula is C21H18F3N2O3+. The number of carbonyl (C=O) groups is 1. The summed E-state index contributed by atoms with van der Waals surface area (Å²) in [5.41, 5.74) is 2.02. The summed E-state index contributed by atoms with van der Waals surface area (Å²) < 4.78 is 47.7. The number of Topliss-reactive ketones (excluding diaryl/α,β-unsaturated/α-hetero) is 1. The molecule has 0 saturated heterocycles. The molecule has 150 valence electrons. The molecule has 29 heavy (non-hydrogen) atoms. The molecule has 0 N–H and O–H groups in total. The molecule has 0 bridgehead atoms. The number of halogens is 3. The Morgan fingerprint density at radius 2 is 1.69 bits per heavy atom. The second-order valence-electron chi connectivity index (χ2n) is 6.26. The van der Waals surface area contributed by atoms with Gasteiger partial charge < -0.3 is 9.47 Å². The van der Waals surface area contributed by atoms with E-state index in [-0.39, 0.29) is 23.6 Å². The number of ether oxygens (including phenoxy) is 2. The molecule has 0 aliphatic carbocycles. The van der Waals surface area contributed by atoms with Crippen LogP contribution in [0, 0.1) is 6.92 Å². The molecule has 0 amide bonds. The lowest BCUT2D eigenvalue weighted by molar-refractivity contribution is -0.683. The van der Waals surface area contributed by atoms with Crippen molar-refractivity contribution in [3.8, 4) is 11.5 Å². The van der Waals surface area contributed by atoms with Crippen LogP contribution in [0.4, 0.5) is 13.2 Å². The van der Waals surface area contributed by atoms with E-state index in [0.29, 0.717) is 12.4 Å². The highest BCUT2D eigenvalue weighted by molar-refractivity contribution is 5.95. The minimum absolute atomic E-state index is 0.0409. The number of nitrogens with zero attached hydrogens (tertiary/aromatic N) is 2. The largest absolute Gasteiger partial charge is 0.573 e. The van der Waals surface area contributed by atoms with Crippen LogP contribution in [0.3, 0.4) is 0 Å². The van der Waals surface area contributed by atoms with Gasteiger partial charge in [-0.25, -0.2) is 0 Å². The van der Waals surface area contributed by atoms with E-state index in [9.17, 15) is 18.0 Å². The molecule has 0 fully saturated rings. The van der Waals surface area contributed by atoms with Gasteiger partial charge in [-0.05, 0) is 43.3 Å². The third-order valence-corrected chi connectivity index (χ3v) is 3.93. The van der Waals surface area contributed by atoms with E-state index < -0.39 is 6.36 Å². The summed E-state index contributed by atoms with van der Waals surface area (Å²) in [5.74, 6) is 0.0168. The molecule has 0 radical (unpaired) electrons. The van der Waals surface area contributed by atoms with Crippen molar-refractivity contribution >= 4 is 5.78 Å². The average molecular weight is 403 g/mol. The zero-order chi connectivity index (χ0) is 20.9. The molecule has 0 atom stereocenters. The molecule has 0 spiro atoms. The summed E-state index contributed by atoms with van der Waals surface area (Å²) in [7, 11) is 0. The van der Waals surface area contributed by atoms with Gasteiger partial charge in [-0.2, -0.15) is 4.57 Å². The number of benzene rings is 1. The second-order valence-corrected chi connectivity index (χ2v) is 6.26. The number of hydrogen-bond donors (Lipinski definition) is 0. The van der Waals surface area contributed by atoms with Crippen LogP contribution in [0.5, 0.6) is 11.5 Å². The first-order chi connectivity index (χ1) is 13.8. The molecule has 1 aromatic carbocycles. The van der Waals surface area contributed by atoms with Gasteiger partial charge >= 0.3 is 6.36 Å². The van der Waals surface area contributed by atoms with Crippen molar-refractivity contribution in [2.75, 3.05) is 0 Å². The van der Waals surface area contributed by atoms with Crippen molar-refractivity contribution in [3.63, 3.8) is 0 Å². The molecule has 0 unspecified atom stereocenters. The number of alkyl halides is 3. The zero-order valence-electron chi connectivity index (χ0n) is 15.5. The lowest BCUT2D eigenvalue weighted by Gasteiger charge is -2.08. The first-order valence-corrected chi connectivity index (χ1v) is 8.72. The van der Waals surface area contributed by atoms with E-state index in [2.05, 4.69) is 9.72 Å². The zero-order valence-corrected chi connectivity index (χ0v) is 15.5. The highest BCUT2D eigenvalue weighted by Crippen LogP contribution is 2.22. The lowest BCUT2D eigenvalue weighted by atomic mass is 10.1. The molecule has 0 saturated carbocycles. The Morgan fingerprint density at radius 1 is 1.00 bits per heavy atom. The molecule has 2 heterocycles. The third kappa shape index (κ3) is 6.31. The minimum Gasteiger partial charge on any atom is -0.487 e. The molecule has 8 heteroatoms. The normalized spacial score (nSPS) is 11.2. The van der Waals surface area contributed by atoms with Crippen molar-refractivity contribution in [2.45, 2.75) is 26.4 Å². The SMILES string of the molecule is Cc1cccc(COc2cc[n+](CC(=O)c3ccc(OC(F)(F)F)cc3)cc2)n1. The number of hydrogen-bond acceptors (Lipinski definition) is 4. The fraction of sp³-hybridized carbons (Fsp3) is 0.190. The summed E-state index contributed by atoms with van der Waals surface area (Å²) in [6, 6.07) is 14.0. The Labute approximate surface area is 165 Å². The number of aryl methyl sites for hydroxylation is 1. The van der Waals surface area contributed by atoms with Gasteiger partial charge in [-0.15, -0.1) is 13.2 Å². The maximum Gasteiger partial charge on any atom is 0.573 e. The Hall–Kier alpha value is -3.42. The summed E-state index contributed by atoms with van der Waals surface area (Å²) >= 11 is 0. The first kappa shape index (κ1) is 20.3. The van der Waals surface area contributed by atoms with Gasteiger partial charge in [0, 0.05) is 23.4 Å². The molecule has 5 nitrogen and oxygen atoms in total. The van der Waals surface area contributed by atoms with Gasteiger partial charge in [0.2, 0.25) is 12.3 Å². The summed E-state index contributed by atoms with van der Waals surface area (Å²) in [6.07, 6.45) is -1.38. The quantitative estimate of drug-likeness (QED) is 0.441. The van der Waals surface area contributed by atoms with Crippen molar-refractivity contribution in [2.24, 2.45) is 0 Å². The van der Waals surface area contributed by atoms with Crippen LogP contribution >= 0.6 is 0 Å². The van der Waals surface area contributed by atoms with E-state index in [1.165, 1.54) is 12.1 Å². The Kier molecular flexibility index (Phi) is 6.11. The lowest BCUT2D eigenvalue weighted by Crippen LogP contribution is -2.37. The maximum absolute atomic E-state index is 12.3. The summed E-state index contributed by atoms with van der Waals surface area (Å²) in [5, 5.41) is 0. The third-order valence-electron chi connectivity index (χ3n) is 3.93. The van der Waals surface area contributed by atoms with E-state index in [0.717, 1.165) is 23.5 Å². The number of ketones is 1. The smallest absolute Gasteiger partial charge is 0.487 e. The maximum atomic E-state index is 12.3. The van der Waals surface area contributed by atoms with Gasteiger partial charge in [0.1, 0.15) is 18.1 Å². The summed E-state index contributed by atoms with van der Waals surface area (Å²) in [4.78, 5) is 16.7. The number of rotatable bonds is 7. The van der Waals surface area contributed by atoms with E-state index in [1.54, 1.807) is 29.1 Å². The molecule has 3 rings (SSSR count). The predicted molar refractivity (Wildman–Crippen MR) is 97.4 cm³/mol. The highest BCUT2D eigenvalue weighted by Gasteiger charge is 2.31. The monoisotopic (exact) mass is 403 g/mol. The second kappa shape index (κ2) is 8.72. The van der Waals surface area contributed by atoms with Gasteiger partial charge in [0.25, 0.3) is 0 Å². The van der Waals surface area contributed by atoms with Gasteiger partial charge in [-0.1, -0.05) is 6.07 Å². The van der Waals surface area contributed by atoms with Crippen LogP contribution in [-0.4, -0.2) is 17.1 Å². The summed E-state index contributed by atoms with van der Waals surface area (Å²) in [6.45, 7) is 2.28. The van der Waals surface area contributed by atoms with Crippen molar-refractivity contribution in [1.82, 2.24) is 4.98 Å². The van der Waals surface area contributed by atoms with Crippen LogP contribution in [0.15, 0.2) is 67.0 Å². The predicted octanol–water partition coefficient (Wildman–Crippen LogP) is 4.04. The molecule has 0 aliphatic rings. The Morgan fingerprint density at radius 3 is 2.31 bits per heavy atom. The molecular weight excluding hydrogens is 385 g/mol. The van der Waals surface area contributed by atoms with Gasteiger partial charge in [0.05, 0.1) is 5.69 Å². The first-order valence-electron chi connectivity index (χ1n) is 8.72.